The first kappa shape index (κ1) is 12.0. The number of aromatic nitrogens is 3. The molecule has 0 aliphatic rings. The van der Waals surface area contributed by atoms with Crippen LogP contribution in [-0.4, -0.2) is 28.0 Å². The summed E-state index contributed by atoms with van der Waals surface area (Å²) in [5.74, 6) is 0.484. The second-order valence-corrected chi connectivity index (χ2v) is 3.54. The van der Waals surface area contributed by atoms with Crippen molar-refractivity contribution in [2.24, 2.45) is 0 Å². The highest BCUT2D eigenvalue weighted by Crippen LogP contribution is 2.18. The number of rotatable bonds is 3. The van der Waals surface area contributed by atoms with E-state index in [0.29, 0.717) is 11.6 Å². The van der Waals surface area contributed by atoms with Crippen LogP contribution in [0.15, 0.2) is 30.7 Å². The summed E-state index contributed by atoms with van der Waals surface area (Å²) in [5, 5.41) is 3.01. The highest BCUT2D eigenvalue weighted by atomic mass is 16.5. The Kier molecular flexibility index (Phi) is 3.47. The molecule has 2 aromatic rings. The van der Waals surface area contributed by atoms with E-state index in [1.807, 2.05) is 6.07 Å². The Labute approximate surface area is 104 Å². The molecule has 0 radical (unpaired) electrons. The number of nitrogens with one attached hydrogen (secondary N) is 1. The molecule has 1 N–H and O–H groups in total. The van der Waals surface area contributed by atoms with Gasteiger partial charge in [0.05, 0.1) is 19.0 Å². The van der Waals surface area contributed by atoms with E-state index in [2.05, 4.69) is 25.0 Å². The second kappa shape index (κ2) is 5.22. The molecular formula is C12H12N4O2. The Hall–Kier alpha value is -2.50. The summed E-state index contributed by atoms with van der Waals surface area (Å²) in [5.41, 5.74) is 1.02. The molecule has 0 saturated heterocycles. The molecule has 6 nitrogen and oxygen atoms in total. The fourth-order valence-electron chi connectivity index (χ4n) is 1.40. The predicted molar refractivity (Wildman–Crippen MR) is 65.6 cm³/mol. The van der Waals surface area contributed by atoms with Gasteiger partial charge in [0, 0.05) is 12.4 Å². The molecule has 2 heterocycles. The van der Waals surface area contributed by atoms with E-state index >= 15 is 0 Å². The number of carbonyl (C=O) groups excluding carboxylic acids is 1. The lowest BCUT2D eigenvalue weighted by Crippen LogP contribution is -2.09. The van der Waals surface area contributed by atoms with E-state index in [4.69, 9.17) is 0 Å². The van der Waals surface area contributed by atoms with Crippen LogP contribution in [0, 0.1) is 6.92 Å². The molecule has 2 aromatic heterocycles. The zero-order chi connectivity index (χ0) is 13.0. The largest absolute Gasteiger partial charge is 0.465 e. The van der Waals surface area contributed by atoms with Gasteiger partial charge >= 0.3 is 5.97 Å². The average Bonchev–Trinajstić information content (AvgIpc) is 2.39. The van der Waals surface area contributed by atoms with Crippen LogP contribution in [0.3, 0.4) is 0 Å². The minimum absolute atomic E-state index is 0.284. The Morgan fingerprint density at radius 3 is 2.89 bits per heavy atom. The lowest BCUT2D eigenvalue weighted by atomic mass is 10.3. The van der Waals surface area contributed by atoms with Crippen LogP contribution in [0.4, 0.5) is 11.5 Å². The maximum Gasteiger partial charge on any atom is 0.343 e. The van der Waals surface area contributed by atoms with Crippen LogP contribution in [0.5, 0.6) is 0 Å². The molecule has 0 aliphatic carbocycles. The van der Waals surface area contributed by atoms with Crippen LogP contribution in [-0.2, 0) is 4.74 Å². The Morgan fingerprint density at radius 2 is 2.22 bits per heavy atom. The smallest absolute Gasteiger partial charge is 0.343 e. The summed E-state index contributed by atoms with van der Waals surface area (Å²) in [7, 11) is 1.32. The molecule has 0 spiro atoms. The van der Waals surface area contributed by atoms with Gasteiger partial charge in [-0.2, -0.15) is 0 Å². The van der Waals surface area contributed by atoms with Gasteiger partial charge in [-0.05, 0) is 19.1 Å². The van der Waals surface area contributed by atoms with Gasteiger partial charge in [0.25, 0.3) is 0 Å². The highest BCUT2D eigenvalue weighted by molar-refractivity contribution is 5.94. The molecule has 0 unspecified atom stereocenters. The highest BCUT2D eigenvalue weighted by Gasteiger charge is 2.14. The summed E-state index contributed by atoms with van der Waals surface area (Å²) in [6, 6.07) is 3.61. The van der Waals surface area contributed by atoms with Crippen molar-refractivity contribution in [3.05, 3.63) is 42.1 Å². The number of esters is 1. The molecule has 0 fully saturated rings. The van der Waals surface area contributed by atoms with Gasteiger partial charge in [0.2, 0.25) is 0 Å². The number of anilines is 2. The monoisotopic (exact) mass is 244 g/mol. The van der Waals surface area contributed by atoms with Gasteiger partial charge in [0.15, 0.2) is 0 Å². The number of hydrogen-bond donors (Lipinski definition) is 1. The van der Waals surface area contributed by atoms with Crippen molar-refractivity contribution in [3.63, 3.8) is 0 Å². The number of carbonyl (C=O) groups is 1. The van der Waals surface area contributed by atoms with Crippen LogP contribution in [0.2, 0.25) is 0 Å². The molecule has 0 aromatic carbocycles. The maximum atomic E-state index is 11.6. The van der Waals surface area contributed by atoms with Gasteiger partial charge in [-0.15, -0.1) is 0 Å². The molecular weight excluding hydrogens is 232 g/mol. The third kappa shape index (κ3) is 2.60. The van der Waals surface area contributed by atoms with Crippen LogP contribution >= 0.6 is 0 Å². The molecule has 6 heteroatoms. The normalized spacial score (nSPS) is 9.89. The SMILES string of the molecule is COC(=O)c1cnc(C)nc1Nc1cccnc1. The van der Waals surface area contributed by atoms with Gasteiger partial charge in [0.1, 0.15) is 17.2 Å². The van der Waals surface area contributed by atoms with Crippen LogP contribution < -0.4 is 5.32 Å². The summed E-state index contributed by atoms with van der Waals surface area (Å²) < 4.78 is 4.68. The zero-order valence-electron chi connectivity index (χ0n) is 10.0. The number of methoxy groups -OCH3 is 1. The average molecular weight is 244 g/mol. The van der Waals surface area contributed by atoms with E-state index in [1.54, 1.807) is 25.4 Å². The summed E-state index contributed by atoms with van der Waals surface area (Å²) in [4.78, 5) is 23.7. The standard InChI is InChI=1S/C12H12N4O2/c1-8-14-7-10(12(17)18-2)11(15-8)16-9-4-3-5-13-6-9/h3-7H,1-2H3,(H,14,15,16). The molecule has 0 bridgehead atoms. The van der Waals surface area contributed by atoms with E-state index in [9.17, 15) is 4.79 Å². The van der Waals surface area contributed by atoms with Crippen molar-refractivity contribution >= 4 is 17.5 Å². The van der Waals surface area contributed by atoms with Gasteiger partial charge in [-0.1, -0.05) is 0 Å². The molecule has 92 valence electrons. The summed E-state index contributed by atoms with van der Waals surface area (Å²) in [6.45, 7) is 1.75. The number of pyridine rings is 1. The molecule has 0 amide bonds. The van der Waals surface area contributed by atoms with Gasteiger partial charge in [-0.25, -0.2) is 14.8 Å². The quantitative estimate of drug-likeness (QED) is 0.828. The Bertz CT molecular complexity index is 557. The van der Waals surface area contributed by atoms with Crippen molar-refractivity contribution < 1.29 is 9.53 Å². The van der Waals surface area contributed by atoms with E-state index < -0.39 is 5.97 Å². The lowest BCUT2D eigenvalue weighted by molar-refractivity contribution is 0.0601. The number of hydrogen-bond acceptors (Lipinski definition) is 6. The predicted octanol–water partition coefficient (Wildman–Crippen LogP) is 1.71. The Morgan fingerprint density at radius 1 is 1.39 bits per heavy atom. The first-order chi connectivity index (χ1) is 8.70. The number of aryl methyl sites for hydroxylation is 1. The molecule has 2 rings (SSSR count). The number of ether oxygens (including phenoxy) is 1. The zero-order valence-corrected chi connectivity index (χ0v) is 10.0. The van der Waals surface area contributed by atoms with Crippen molar-refractivity contribution in [2.45, 2.75) is 6.92 Å². The van der Waals surface area contributed by atoms with E-state index in [0.717, 1.165) is 5.69 Å². The minimum Gasteiger partial charge on any atom is -0.465 e. The third-order valence-electron chi connectivity index (χ3n) is 2.24. The van der Waals surface area contributed by atoms with Crippen molar-refractivity contribution in [1.82, 2.24) is 15.0 Å². The topological polar surface area (TPSA) is 77.0 Å². The van der Waals surface area contributed by atoms with Crippen LogP contribution in [0.1, 0.15) is 16.2 Å². The van der Waals surface area contributed by atoms with Gasteiger partial charge < -0.3 is 10.1 Å². The van der Waals surface area contributed by atoms with E-state index in [-0.39, 0.29) is 5.56 Å². The lowest BCUT2D eigenvalue weighted by Gasteiger charge is -2.09. The van der Waals surface area contributed by atoms with E-state index in [1.165, 1.54) is 13.3 Å². The van der Waals surface area contributed by atoms with Crippen molar-refractivity contribution in [2.75, 3.05) is 12.4 Å². The molecule has 18 heavy (non-hydrogen) atoms. The first-order valence-electron chi connectivity index (χ1n) is 5.29. The van der Waals surface area contributed by atoms with Crippen molar-refractivity contribution in [3.8, 4) is 0 Å². The summed E-state index contributed by atoms with van der Waals surface area (Å²) in [6.07, 6.45) is 4.74. The maximum absolute atomic E-state index is 11.6. The van der Waals surface area contributed by atoms with Crippen molar-refractivity contribution in [1.29, 1.82) is 0 Å². The summed E-state index contributed by atoms with van der Waals surface area (Å²) >= 11 is 0. The Balaban J connectivity index is 2.36. The molecule has 0 aliphatic heterocycles. The third-order valence-corrected chi connectivity index (χ3v) is 2.24. The molecule has 0 saturated carbocycles. The van der Waals surface area contributed by atoms with Crippen LogP contribution in [0.25, 0.3) is 0 Å². The number of nitrogens with zero attached hydrogens (tertiary/aromatic N) is 3. The minimum atomic E-state index is -0.485. The fraction of sp³-hybridized carbons (Fsp3) is 0.167. The second-order valence-electron chi connectivity index (χ2n) is 3.54. The van der Waals surface area contributed by atoms with Gasteiger partial charge in [-0.3, -0.25) is 4.98 Å². The fourth-order valence-corrected chi connectivity index (χ4v) is 1.40. The first-order valence-corrected chi connectivity index (χ1v) is 5.29. The molecule has 0 atom stereocenters.